The normalized spacial score (nSPS) is 24.0. The SMILES string of the molecule is CN(C(=O)CN1CCN(c2ccccc2)CC1)C1CCS(=O)(=O)C1. The fourth-order valence-electron chi connectivity index (χ4n) is 3.39. The maximum atomic E-state index is 12.4. The van der Waals surface area contributed by atoms with Crippen molar-refractivity contribution in [2.24, 2.45) is 0 Å². The predicted molar refractivity (Wildman–Crippen MR) is 94.9 cm³/mol. The fourth-order valence-corrected chi connectivity index (χ4v) is 5.16. The van der Waals surface area contributed by atoms with Crippen LogP contribution in [0.25, 0.3) is 0 Å². The summed E-state index contributed by atoms with van der Waals surface area (Å²) in [4.78, 5) is 18.6. The van der Waals surface area contributed by atoms with E-state index in [2.05, 4.69) is 21.9 Å². The number of hydrogen-bond donors (Lipinski definition) is 0. The van der Waals surface area contributed by atoms with Gasteiger partial charge in [-0.2, -0.15) is 0 Å². The number of para-hydroxylation sites is 1. The van der Waals surface area contributed by atoms with E-state index in [1.54, 1.807) is 11.9 Å². The lowest BCUT2D eigenvalue weighted by atomic mass is 10.2. The average Bonchev–Trinajstić information content (AvgIpc) is 2.95. The van der Waals surface area contributed by atoms with Gasteiger partial charge in [-0.05, 0) is 18.6 Å². The van der Waals surface area contributed by atoms with Crippen molar-refractivity contribution in [3.05, 3.63) is 30.3 Å². The van der Waals surface area contributed by atoms with Crippen LogP contribution in [0.5, 0.6) is 0 Å². The maximum Gasteiger partial charge on any atom is 0.236 e. The summed E-state index contributed by atoms with van der Waals surface area (Å²) >= 11 is 0. The minimum absolute atomic E-state index is 0.0188. The van der Waals surface area contributed by atoms with Crippen LogP contribution >= 0.6 is 0 Å². The van der Waals surface area contributed by atoms with Gasteiger partial charge < -0.3 is 9.80 Å². The highest BCUT2D eigenvalue weighted by Gasteiger charge is 2.33. The molecule has 1 aromatic carbocycles. The van der Waals surface area contributed by atoms with Crippen LogP contribution in [0.15, 0.2) is 30.3 Å². The first-order valence-corrected chi connectivity index (χ1v) is 10.3. The number of amides is 1. The van der Waals surface area contributed by atoms with Gasteiger partial charge in [-0.15, -0.1) is 0 Å². The first-order chi connectivity index (χ1) is 11.4. The highest BCUT2D eigenvalue weighted by Crippen LogP contribution is 2.18. The number of carbonyl (C=O) groups is 1. The van der Waals surface area contributed by atoms with Gasteiger partial charge in [-0.1, -0.05) is 18.2 Å². The van der Waals surface area contributed by atoms with Crippen molar-refractivity contribution >= 4 is 21.4 Å². The molecule has 2 aliphatic rings. The van der Waals surface area contributed by atoms with Crippen LogP contribution in [0.1, 0.15) is 6.42 Å². The molecule has 24 heavy (non-hydrogen) atoms. The Bertz CT molecular complexity index is 670. The number of rotatable bonds is 4. The van der Waals surface area contributed by atoms with Gasteiger partial charge in [-0.25, -0.2) is 8.42 Å². The molecule has 3 rings (SSSR count). The lowest BCUT2D eigenvalue weighted by Crippen LogP contribution is -2.51. The molecule has 7 heteroatoms. The Labute approximate surface area is 144 Å². The predicted octanol–water partition coefficient (Wildman–Crippen LogP) is 0.454. The van der Waals surface area contributed by atoms with Crippen LogP contribution in [0.2, 0.25) is 0 Å². The molecule has 0 aromatic heterocycles. The van der Waals surface area contributed by atoms with Crippen molar-refractivity contribution in [1.82, 2.24) is 9.80 Å². The summed E-state index contributed by atoms with van der Waals surface area (Å²) in [5.74, 6) is 0.326. The summed E-state index contributed by atoms with van der Waals surface area (Å²) in [6.45, 7) is 3.86. The Morgan fingerprint density at radius 3 is 2.42 bits per heavy atom. The van der Waals surface area contributed by atoms with Crippen LogP contribution in [0.3, 0.4) is 0 Å². The topological polar surface area (TPSA) is 60.9 Å². The van der Waals surface area contributed by atoms with E-state index >= 15 is 0 Å². The summed E-state index contributed by atoms with van der Waals surface area (Å²) in [6.07, 6.45) is 0.562. The Kier molecular flexibility index (Phi) is 5.10. The number of carbonyl (C=O) groups excluding carboxylic acids is 1. The van der Waals surface area contributed by atoms with Gasteiger partial charge in [0.25, 0.3) is 0 Å². The van der Waals surface area contributed by atoms with E-state index < -0.39 is 9.84 Å². The summed E-state index contributed by atoms with van der Waals surface area (Å²) in [6, 6.07) is 10.1. The van der Waals surface area contributed by atoms with Crippen molar-refractivity contribution in [2.45, 2.75) is 12.5 Å². The van der Waals surface area contributed by atoms with E-state index in [1.807, 2.05) is 18.2 Å². The number of sulfone groups is 1. The third kappa shape index (κ3) is 4.08. The molecule has 2 aliphatic heterocycles. The molecule has 2 saturated heterocycles. The number of piperazine rings is 1. The maximum absolute atomic E-state index is 12.4. The van der Waals surface area contributed by atoms with Gasteiger partial charge in [0.1, 0.15) is 0 Å². The molecule has 2 heterocycles. The Morgan fingerprint density at radius 2 is 1.83 bits per heavy atom. The molecule has 1 amide bonds. The van der Waals surface area contributed by atoms with Crippen molar-refractivity contribution in [3.63, 3.8) is 0 Å². The zero-order chi connectivity index (χ0) is 17.2. The Balaban J connectivity index is 1.48. The van der Waals surface area contributed by atoms with Gasteiger partial charge in [0.05, 0.1) is 18.1 Å². The lowest BCUT2D eigenvalue weighted by Gasteiger charge is -2.36. The lowest BCUT2D eigenvalue weighted by molar-refractivity contribution is -0.132. The molecule has 0 aliphatic carbocycles. The molecule has 1 aromatic rings. The first kappa shape index (κ1) is 17.2. The van der Waals surface area contributed by atoms with E-state index in [0.29, 0.717) is 13.0 Å². The molecule has 0 spiro atoms. The molecule has 6 nitrogen and oxygen atoms in total. The highest BCUT2D eigenvalue weighted by molar-refractivity contribution is 7.91. The number of hydrogen-bond acceptors (Lipinski definition) is 5. The highest BCUT2D eigenvalue weighted by atomic mass is 32.2. The summed E-state index contributed by atoms with van der Waals surface area (Å²) in [5, 5.41) is 0. The van der Waals surface area contributed by atoms with Gasteiger partial charge in [0.2, 0.25) is 5.91 Å². The van der Waals surface area contributed by atoms with Gasteiger partial charge in [0, 0.05) is 45.0 Å². The third-order valence-corrected chi connectivity index (χ3v) is 6.75. The third-order valence-electron chi connectivity index (χ3n) is 5.00. The van der Waals surface area contributed by atoms with E-state index in [4.69, 9.17) is 0 Å². The van der Waals surface area contributed by atoms with E-state index in [-0.39, 0.29) is 23.5 Å². The summed E-state index contributed by atoms with van der Waals surface area (Å²) < 4.78 is 23.1. The summed E-state index contributed by atoms with van der Waals surface area (Å²) in [5.41, 5.74) is 1.22. The second-order valence-electron chi connectivity index (χ2n) is 6.66. The molecule has 2 fully saturated rings. The van der Waals surface area contributed by atoms with Crippen LogP contribution in [0.4, 0.5) is 5.69 Å². The van der Waals surface area contributed by atoms with E-state index in [9.17, 15) is 13.2 Å². The largest absolute Gasteiger partial charge is 0.369 e. The van der Waals surface area contributed by atoms with Crippen LogP contribution < -0.4 is 4.90 Å². The zero-order valence-corrected chi connectivity index (χ0v) is 14.9. The molecule has 1 atom stereocenters. The second-order valence-corrected chi connectivity index (χ2v) is 8.89. The van der Waals surface area contributed by atoms with E-state index in [0.717, 1.165) is 26.2 Å². The minimum atomic E-state index is -2.96. The Morgan fingerprint density at radius 1 is 1.17 bits per heavy atom. The molecular weight excluding hydrogens is 326 g/mol. The number of benzene rings is 1. The van der Waals surface area contributed by atoms with Gasteiger partial charge >= 0.3 is 0 Å². The fraction of sp³-hybridized carbons (Fsp3) is 0.588. The van der Waals surface area contributed by atoms with Crippen molar-refractivity contribution in [3.8, 4) is 0 Å². The first-order valence-electron chi connectivity index (χ1n) is 8.43. The number of anilines is 1. The molecule has 0 N–H and O–H groups in total. The molecule has 132 valence electrons. The van der Waals surface area contributed by atoms with Crippen molar-refractivity contribution < 1.29 is 13.2 Å². The molecule has 1 unspecified atom stereocenters. The molecule has 0 bridgehead atoms. The molecule has 0 radical (unpaired) electrons. The molecule has 0 saturated carbocycles. The van der Waals surface area contributed by atoms with E-state index in [1.165, 1.54) is 5.69 Å². The monoisotopic (exact) mass is 351 g/mol. The van der Waals surface area contributed by atoms with Crippen molar-refractivity contribution in [2.75, 3.05) is 56.2 Å². The van der Waals surface area contributed by atoms with Gasteiger partial charge in [-0.3, -0.25) is 9.69 Å². The zero-order valence-electron chi connectivity index (χ0n) is 14.1. The number of likely N-dealkylation sites (N-methyl/N-ethyl adjacent to an activating group) is 1. The van der Waals surface area contributed by atoms with Crippen molar-refractivity contribution in [1.29, 1.82) is 0 Å². The van der Waals surface area contributed by atoms with Crippen LogP contribution in [0, 0.1) is 0 Å². The van der Waals surface area contributed by atoms with Crippen LogP contribution in [-0.4, -0.2) is 81.4 Å². The minimum Gasteiger partial charge on any atom is -0.369 e. The summed E-state index contributed by atoms with van der Waals surface area (Å²) in [7, 11) is -1.23. The Hall–Kier alpha value is -1.60. The smallest absolute Gasteiger partial charge is 0.236 e. The van der Waals surface area contributed by atoms with Gasteiger partial charge in [0.15, 0.2) is 9.84 Å². The standard InChI is InChI=1S/C17H25N3O3S/c1-18(16-7-12-24(22,23)14-16)17(21)13-19-8-10-20(11-9-19)15-5-3-2-4-6-15/h2-6,16H,7-14H2,1H3. The quantitative estimate of drug-likeness (QED) is 0.788. The van der Waals surface area contributed by atoms with Crippen LogP contribution in [-0.2, 0) is 14.6 Å². The number of nitrogens with zero attached hydrogens (tertiary/aromatic N) is 3. The second kappa shape index (κ2) is 7.11. The average molecular weight is 351 g/mol. The molecular formula is C17H25N3O3S.